The van der Waals surface area contributed by atoms with Crippen molar-refractivity contribution >= 4 is 10.9 Å². The number of rotatable bonds is 5. The monoisotopic (exact) mass is 306 g/mol. The molecular weight excluding hydrogens is 290 g/mol. The summed E-state index contributed by atoms with van der Waals surface area (Å²) >= 11 is 0. The molecule has 0 atom stereocenters. The maximum Gasteiger partial charge on any atom is 0.298 e. The minimum atomic E-state index is -2.66. The Bertz CT molecular complexity index is 777. The highest BCUT2D eigenvalue weighted by Gasteiger charge is 2.14. The number of H-pyrrole nitrogens is 1. The van der Waals surface area contributed by atoms with Gasteiger partial charge in [-0.25, -0.2) is 8.78 Å². The number of ether oxygens (including phenoxy) is 1. The van der Waals surface area contributed by atoms with E-state index >= 15 is 0 Å². The van der Waals surface area contributed by atoms with Gasteiger partial charge < -0.3 is 14.2 Å². The van der Waals surface area contributed by atoms with Crippen LogP contribution in [0.3, 0.4) is 0 Å². The van der Waals surface area contributed by atoms with Gasteiger partial charge in [0.05, 0.1) is 0 Å². The van der Waals surface area contributed by atoms with Crippen LogP contribution in [0.2, 0.25) is 0 Å². The van der Waals surface area contributed by atoms with Crippen molar-refractivity contribution in [3.63, 3.8) is 0 Å². The van der Waals surface area contributed by atoms with E-state index in [0.29, 0.717) is 17.4 Å². The second kappa shape index (κ2) is 5.79. The molecule has 2 aromatic heterocycles. The topological polar surface area (TPSA) is 51.1 Å². The third-order valence-corrected chi connectivity index (χ3v) is 3.42. The van der Waals surface area contributed by atoms with E-state index in [4.69, 9.17) is 4.74 Å². The zero-order valence-corrected chi connectivity index (χ0v) is 12.3. The summed E-state index contributed by atoms with van der Waals surface area (Å²) < 4.78 is 34.9. The van der Waals surface area contributed by atoms with E-state index in [1.165, 1.54) is 6.07 Å². The van der Waals surface area contributed by atoms with E-state index in [1.54, 1.807) is 0 Å². The molecule has 3 rings (SSSR count). The molecule has 1 N–H and O–H groups in total. The van der Waals surface area contributed by atoms with E-state index in [1.807, 2.05) is 18.2 Å². The number of nitrogens with zero attached hydrogens (tertiary/aromatic N) is 1. The lowest BCUT2D eigenvalue weighted by Crippen LogP contribution is -1.95. The summed E-state index contributed by atoms with van der Waals surface area (Å²) in [6.45, 7) is 4.32. The maximum atomic E-state index is 12.4. The average Bonchev–Trinajstić information content (AvgIpc) is 3.11. The molecule has 0 bridgehead atoms. The van der Waals surface area contributed by atoms with Crippen LogP contribution in [0.25, 0.3) is 10.9 Å². The van der Waals surface area contributed by atoms with Crippen molar-refractivity contribution in [2.45, 2.75) is 32.8 Å². The van der Waals surface area contributed by atoms with Gasteiger partial charge >= 0.3 is 0 Å². The fourth-order valence-electron chi connectivity index (χ4n) is 2.19. The number of hydrogen-bond acceptors (Lipinski definition) is 3. The highest BCUT2D eigenvalue weighted by molar-refractivity contribution is 5.82. The van der Waals surface area contributed by atoms with Crippen LogP contribution < -0.4 is 4.74 Å². The van der Waals surface area contributed by atoms with Crippen molar-refractivity contribution in [2.24, 2.45) is 0 Å². The van der Waals surface area contributed by atoms with E-state index in [-0.39, 0.29) is 6.61 Å². The van der Waals surface area contributed by atoms with Crippen LogP contribution in [0, 0.1) is 0 Å². The molecule has 0 spiro atoms. The van der Waals surface area contributed by atoms with Crippen molar-refractivity contribution in [2.75, 3.05) is 0 Å². The second-order valence-electron chi connectivity index (χ2n) is 5.44. The van der Waals surface area contributed by atoms with Crippen molar-refractivity contribution in [3.8, 4) is 5.75 Å². The van der Waals surface area contributed by atoms with Gasteiger partial charge in [-0.2, -0.15) is 0 Å². The van der Waals surface area contributed by atoms with Gasteiger partial charge in [0.1, 0.15) is 18.1 Å². The predicted octanol–water partition coefficient (Wildman–Crippen LogP) is 4.80. The minimum absolute atomic E-state index is 0.0828. The average molecular weight is 306 g/mol. The largest absolute Gasteiger partial charge is 0.487 e. The lowest BCUT2D eigenvalue weighted by molar-refractivity contribution is 0.112. The molecule has 3 aromatic rings. The van der Waals surface area contributed by atoms with E-state index < -0.39 is 12.2 Å². The van der Waals surface area contributed by atoms with Crippen molar-refractivity contribution < 1.29 is 18.0 Å². The van der Waals surface area contributed by atoms with Gasteiger partial charge in [-0.15, -0.1) is 0 Å². The first-order valence-electron chi connectivity index (χ1n) is 7.02. The first-order chi connectivity index (χ1) is 10.5. The molecular formula is C16H16F2N2O2. The minimum Gasteiger partial charge on any atom is -0.487 e. The summed E-state index contributed by atoms with van der Waals surface area (Å²) in [5.41, 5.74) is 2.48. The molecule has 0 aliphatic heterocycles. The van der Waals surface area contributed by atoms with Crippen LogP contribution in [0.5, 0.6) is 5.75 Å². The SMILES string of the molecule is CC(C)c1cc2ccc(OCc3cc(C(F)F)on3)cc2[nH]1. The lowest BCUT2D eigenvalue weighted by Gasteiger charge is -2.03. The molecule has 4 nitrogen and oxygen atoms in total. The summed E-state index contributed by atoms with van der Waals surface area (Å²) in [6, 6.07) is 9.00. The predicted molar refractivity (Wildman–Crippen MR) is 78.2 cm³/mol. The van der Waals surface area contributed by atoms with Crippen LogP contribution in [-0.4, -0.2) is 10.1 Å². The van der Waals surface area contributed by atoms with Crippen LogP contribution >= 0.6 is 0 Å². The molecule has 0 aliphatic rings. The molecule has 0 saturated heterocycles. The van der Waals surface area contributed by atoms with Gasteiger partial charge in [-0.05, 0) is 29.5 Å². The molecule has 22 heavy (non-hydrogen) atoms. The summed E-state index contributed by atoms with van der Waals surface area (Å²) in [5.74, 6) is 0.617. The zero-order chi connectivity index (χ0) is 15.7. The van der Waals surface area contributed by atoms with Gasteiger partial charge in [0, 0.05) is 23.3 Å². The number of benzene rings is 1. The first-order valence-corrected chi connectivity index (χ1v) is 7.02. The number of aromatic amines is 1. The Kier molecular flexibility index (Phi) is 3.83. The number of aromatic nitrogens is 2. The molecule has 2 heterocycles. The molecule has 0 aliphatic carbocycles. The van der Waals surface area contributed by atoms with Crippen molar-refractivity contribution in [3.05, 3.63) is 47.5 Å². The fraction of sp³-hybridized carbons (Fsp3) is 0.312. The van der Waals surface area contributed by atoms with Crippen LogP contribution in [0.15, 0.2) is 34.9 Å². The number of fused-ring (bicyclic) bond motifs is 1. The number of halogens is 2. The quantitative estimate of drug-likeness (QED) is 0.737. The van der Waals surface area contributed by atoms with E-state index in [2.05, 4.69) is 34.6 Å². The van der Waals surface area contributed by atoms with E-state index in [9.17, 15) is 8.78 Å². The Balaban J connectivity index is 1.73. The molecule has 0 amide bonds. The normalized spacial score (nSPS) is 11.7. The first kappa shape index (κ1) is 14.6. The standard InChI is InChI=1S/C16H16F2N2O2/c1-9(2)13-5-10-3-4-12(7-14(10)19-13)21-8-11-6-15(16(17)18)22-20-11/h3-7,9,16,19H,8H2,1-2H3. The third-order valence-electron chi connectivity index (χ3n) is 3.42. The van der Waals surface area contributed by atoms with Crippen LogP contribution in [0.4, 0.5) is 8.78 Å². The molecule has 0 radical (unpaired) electrons. The van der Waals surface area contributed by atoms with Crippen molar-refractivity contribution in [1.82, 2.24) is 10.1 Å². The van der Waals surface area contributed by atoms with Crippen LogP contribution in [0.1, 0.15) is 43.3 Å². The highest BCUT2D eigenvalue weighted by Crippen LogP contribution is 2.25. The summed E-state index contributed by atoms with van der Waals surface area (Å²) in [5, 5.41) is 4.66. The Hall–Kier alpha value is -2.37. The van der Waals surface area contributed by atoms with Gasteiger partial charge in [-0.3, -0.25) is 0 Å². The Labute approximate surface area is 126 Å². The molecule has 1 aromatic carbocycles. The molecule has 116 valence electrons. The van der Waals surface area contributed by atoms with E-state index in [0.717, 1.165) is 16.6 Å². The van der Waals surface area contributed by atoms with Crippen molar-refractivity contribution in [1.29, 1.82) is 0 Å². The Morgan fingerprint density at radius 3 is 2.73 bits per heavy atom. The second-order valence-corrected chi connectivity index (χ2v) is 5.44. The smallest absolute Gasteiger partial charge is 0.298 e. The van der Waals surface area contributed by atoms with Gasteiger partial charge in [0.2, 0.25) is 5.76 Å². The maximum absolute atomic E-state index is 12.4. The number of hydrogen-bond donors (Lipinski definition) is 1. The van der Waals surface area contributed by atoms with Crippen LogP contribution in [-0.2, 0) is 6.61 Å². The molecule has 6 heteroatoms. The zero-order valence-electron chi connectivity index (χ0n) is 12.3. The molecule has 0 fully saturated rings. The molecule has 0 unspecified atom stereocenters. The number of alkyl halides is 2. The third kappa shape index (κ3) is 2.95. The Morgan fingerprint density at radius 1 is 1.23 bits per heavy atom. The lowest BCUT2D eigenvalue weighted by atomic mass is 10.1. The summed E-state index contributed by atoms with van der Waals surface area (Å²) in [7, 11) is 0. The fourth-order valence-corrected chi connectivity index (χ4v) is 2.19. The Morgan fingerprint density at radius 2 is 2.05 bits per heavy atom. The highest BCUT2D eigenvalue weighted by atomic mass is 19.3. The van der Waals surface area contributed by atoms with Gasteiger partial charge in [-0.1, -0.05) is 19.0 Å². The summed E-state index contributed by atoms with van der Waals surface area (Å²) in [6.07, 6.45) is -2.66. The number of nitrogens with one attached hydrogen (secondary N) is 1. The van der Waals surface area contributed by atoms with Gasteiger partial charge in [0.15, 0.2) is 0 Å². The summed E-state index contributed by atoms with van der Waals surface area (Å²) in [4.78, 5) is 3.34. The van der Waals surface area contributed by atoms with Gasteiger partial charge in [0.25, 0.3) is 6.43 Å². The molecule has 0 saturated carbocycles.